The molecule has 1 aromatic rings. The molecule has 1 atom stereocenters. The fourth-order valence-corrected chi connectivity index (χ4v) is 3.10. The monoisotopic (exact) mass is 246 g/mol. The maximum Gasteiger partial charge on any atom is 0.0300 e. The molecule has 0 radical (unpaired) electrons. The first-order valence-corrected chi connectivity index (χ1v) is 7.17. The summed E-state index contributed by atoms with van der Waals surface area (Å²) >= 11 is 0. The van der Waals surface area contributed by atoms with Crippen molar-refractivity contribution in [3.63, 3.8) is 0 Å². The van der Waals surface area contributed by atoms with Crippen LogP contribution < -0.4 is 5.32 Å². The molecule has 1 fully saturated rings. The smallest absolute Gasteiger partial charge is 0.0300 e. The molecule has 0 saturated heterocycles. The molecule has 0 bridgehead atoms. The van der Waals surface area contributed by atoms with Crippen molar-refractivity contribution < 1.29 is 0 Å². The van der Waals surface area contributed by atoms with Crippen LogP contribution in [-0.2, 0) is 6.42 Å². The lowest BCUT2D eigenvalue weighted by atomic mass is 9.70. The van der Waals surface area contributed by atoms with Gasteiger partial charge in [0.15, 0.2) is 0 Å². The van der Waals surface area contributed by atoms with Gasteiger partial charge in [-0.1, -0.05) is 19.9 Å². The van der Waals surface area contributed by atoms with Gasteiger partial charge < -0.3 is 5.32 Å². The first kappa shape index (κ1) is 13.5. The Labute approximate surface area is 111 Å². The van der Waals surface area contributed by atoms with Crippen molar-refractivity contribution in [3.8, 4) is 0 Å². The highest BCUT2D eigenvalue weighted by Gasteiger charge is 2.30. The standard InChI is InChI=1S/C16H26N2/c1-16(2)8-6-14(7-9-16)15(17-3)11-13-5-4-10-18-12-13/h4-5,10,12,14-15,17H,6-9,11H2,1-3H3. The average Bonchev–Trinajstić information content (AvgIpc) is 2.38. The largest absolute Gasteiger partial charge is 0.316 e. The van der Waals surface area contributed by atoms with Crippen LogP contribution in [0.2, 0.25) is 0 Å². The van der Waals surface area contributed by atoms with Crippen molar-refractivity contribution in [2.24, 2.45) is 11.3 Å². The van der Waals surface area contributed by atoms with E-state index in [-0.39, 0.29) is 0 Å². The highest BCUT2D eigenvalue weighted by atomic mass is 14.9. The lowest BCUT2D eigenvalue weighted by Gasteiger charge is -2.38. The minimum atomic E-state index is 0.559. The summed E-state index contributed by atoms with van der Waals surface area (Å²) < 4.78 is 0. The molecule has 1 aliphatic carbocycles. The molecule has 1 unspecified atom stereocenters. The van der Waals surface area contributed by atoms with Crippen molar-refractivity contribution in [2.45, 2.75) is 52.0 Å². The zero-order valence-electron chi connectivity index (χ0n) is 11.9. The SMILES string of the molecule is CNC(Cc1cccnc1)C1CCC(C)(C)CC1. The van der Waals surface area contributed by atoms with Crippen molar-refractivity contribution in [3.05, 3.63) is 30.1 Å². The third-order valence-corrected chi connectivity index (χ3v) is 4.50. The van der Waals surface area contributed by atoms with Gasteiger partial charge in [-0.2, -0.15) is 0 Å². The summed E-state index contributed by atoms with van der Waals surface area (Å²) in [5.41, 5.74) is 1.91. The molecule has 1 N–H and O–H groups in total. The van der Waals surface area contributed by atoms with Crippen molar-refractivity contribution >= 4 is 0 Å². The van der Waals surface area contributed by atoms with Crippen LogP contribution in [0.4, 0.5) is 0 Å². The number of hydrogen-bond donors (Lipinski definition) is 1. The van der Waals surface area contributed by atoms with Crippen LogP contribution in [0, 0.1) is 11.3 Å². The molecule has 0 spiro atoms. The highest BCUT2D eigenvalue weighted by Crippen LogP contribution is 2.39. The average molecular weight is 246 g/mol. The maximum absolute atomic E-state index is 4.21. The van der Waals surface area contributed by atoms with Gasteiger partial charge in [-0.05, 0) is 62.1 Å². The summed E-state index contributed by atoms with van der Waals surface area (Å²) in [6, 6.07) is 4.82. The second-order valence-corrected chi connectivity index (χ2v) is 6.46. The van der Waals surface area contributed by atoms with Crippen LogP contribution >= 0.6 is 0 Å². The van der Waals surface area contributed by atoms with Gasteiger partial charge in [0.25, 0.3) is 0 Å². The van der Waals surface area contributed by atoms with Crippen LogP contribution in [0.3, 0.4) is 0 Å². The zero-order chi connectivity index (χ0) is 13.0. The number of nitrogens with one attached hydrogen (secondary N) is 1. The van der Waals surface area contributed by atoms with E-state index in [1.54, 1.807) is 0 Å². The molecule has 100 valence electrons. The Morgan fingerprint density at radius 3 is 2.67 bits per heavy atom. The summed E-state index contributed by atoms with van der Waals surface area (Å²) in [5.74, 6) is 0.822. The van der Waals surface area contributed by atoms with E-state index < -0.39 is 0 Å². The normalized spacial score (nSPS) is 21.7. The maximum atomic E-state index is 4.21. The highest BCUT2D eigenvalue weighted by molar-refractivity contribution is 5.10. The van der Waals surface area contributed by atoms with Gasteiger partial charge in [0.1, 0.15) is 0 Å². The topological polar surface area (TPSA) is 24.9 Å². The Kier molecular flexibility index (Phi) is 4.39. The van der Waals surface area contributed by atoms with E-state index in [0.29, 0.717) is 11.5 Å². The van der Waals surface area contributed by atoms with Gasteiger partial charge in [0.05, 0.1) is 0 Å². The number of aromatic nitrogens is 1. The lowest BCUT2D eigenvalue weighted by molar-refractivity contribution is 0.163. The Morgan fingerprint density at radius 2 is 2.11 bits per heavy atom. The summed E-state index contributed by atoms with van der Waals surface area (Å²) in [5, 5.41) is 3.52. The van der Waals surface area contributed by atoms with E-state index in [0.717, 1.165) is 12.3 Å². The summed E-state index contributed by atoms with van der Waals surface area (Å²) in [6.45, 7) is 4.80. The summed E-state index contributed by atoms with van der Waals surface area (Å²) in [7, 11) is 2.10. The van der Waals surface area contributed by atoms with Crippen molar-refractivity contribution in [2.75, 3.05) is 7.05 Å². The summed E-state index contributed by atoms with van der Waals surface area (Å²) in [6.07, 6.45) is 10.4. The van der Waals surface area contributed by atoms with Gasteiger partial charge in [-0.15, -0.1) is 0 Å². The van der Waals surface area contributed by atoms with Crippen LogP contribution in [0.25, 0.3) is 0 Å². The van der Waals surface area contributed by atoms with E-state index in [4.69, 9.17) is 0 Å². The lowest BCUT2D eigenvalue weighted by Crippen LogP contribution is -2.38. The molecule has 0 aliphatic heterocycles. The van der Waals surface area contributed by atoms with E-state index in [2.05, 4.69) is 37.3 Å². The predicted molar refractivity (Wildman–Crippen MR) is 76.5 cm³/mol. The van der Waals surface area contributed by atoms with Gasteiger partial charge in [-0.25, -0.2) is 0 Å². The molecular weight excluding hydrogens is 220 g/mol. The zero-order valence-corrected chi connectivity index (χ0v) is 11.9. The molecule has 1 saturated carbocycles. The fraction of sp³-hybridized carbons (Fsp3) is 0.688. The first-order chi connectivity index (χ1) is 8.61. The Morgan fingerprint density at radius 1 is 1.39 bits per heavy atom. The molecule has 0 aromatic carbocycles. The second-order valence-electron chi connectivity index (χ2n) is 6.46. The second kappa shape index (κ2) is 5.83. The Balaban J connectivity index is 1.94. The molecule has 2 heteroatoms. The van der Waals surface area contributed by atoms with Gasteiger partial charge in [0, 0.05) is 18.4 Å². The number of nitrogens with zero attached hydrogens (tertiary/aromatic N) is 1. The number of hydrogen-bond acceptors (Lipinski definition) is 2. The summed E-state index contributed by atoms with van der Waals surface area (Å²) in [4.78, 5) is 4.21. The minimum Gasteiger partial charge on any atom is -0.316 e. The molecule has 1 heterocycles. The first-order valence-electron chi connectivity index (χ1n) is 7.17. The third kappa shape index (κ3) is 3.55. The van der Waals surface area contributed by atoms with Crippen LogP contribution in [0.15, 0.2) is 24.5 Å². The molecule has 2 nitrogen and oxygen atoms in total. The van der Waals surface area contributed by atoms with Crippen molar-refractivity contribution in [1.29, 1.82) is 0 Å². The molecule has 18 heavy (non-hydrogen) atoms. The molecular formula is C16H26N2. The van der Waals surface area contributed by atoms with Crippen LogP contribution in [-0.4, -0.2) is 18.1 Å². The molecule has 2 rings (SSSR count). The fourth-order valence-electron chi connectivity index (χ4n) is 3.10. The predicted octanol–water partition coefficient (Wildman–Crippen LogP) is 3.43. The quantitative estimate of drug-likeness (QED) is 0.880. The van der Waals surface area contributed by atoms with E-state index >= 15 is 0 Å². The molecule has 0 amide bonds. The number of rotatable bonds is 4. The van der Waals surface area contributed by atoms with Crippen LogP contribution in [0.1, 0.15) is 45.1 Å². The van der Waals surface area contributed by atoms with Crippen LogP contribution in [0.5, 0.6) is 0 Å². The van der Waals surface area contributed by atoms with E-state index in [9.17, 15) is 0 Å². The van der Waals surface area contributed by atoms with E-state index in [1.807, 2.05) is 18.5 Å². The van der Waals surface area contributed by atoms with Crippen molar-refractivity contribution in [1.82, 2.24) is 10.3 Å². The Hall–Kier alpha value is -0.890. The molecule has 1 aromatic heterocycles. The van der Waals surface area contributed by atoms with Gasteiger partial charge in [-0.3, -0.25) is 4.98 Å². The third-order valence-electron chi connectivity index (χ3n) is 4.50. The number of pyridine rings is 1. The molecule has 1 aliphatic rings. The van der Waals surface area contributed by atoms with Gasteiger partial charge >= 0.3 is 0 Å². The number of likely N-dealkylation sites (N-methyl/N-ethyl adjacent to an activating group) is 1. The van der Waals surface area contributed by atoms with Gasteiger partial charge in [0.2, 0.25) is 0 Å². The minimum absolute atomic E-state index is 0.559. The Bertz CT molecular complexity index is 349. The van der Waals surface area contributed by atoms with E-state index in [1.165, 1.54) is 31.2 Å².